The third-order valence-electron chi connectivity index (χ3n) is 4.10. The van der Waals surface area contributed by atoms with Crippen LogP contribution in [0.15, 0.2) is 42.6 Å². The number of nitrogens with one attached hydrogen (secondary N) is 1. The van der Waals surface area contributed by atoms with E-state index in [1.165, 1.54) is 12.1 Å². The largest absolute Gasteiger partial charge is 0.416 e. The maximum atomic E-state index is 12.8. The van der Waals surface area contributed by atoms with Crippen LogP contribution in [-0.2, 0) is 6.18 Å². The molecule has 2 aromatic heterocycles. The SMILES string of the molecule is CC(C)C(Nc1ccc2ncc([N+](=O)[O-])n2n1)c1ccc(C(F)(F)F)cc1. The lowest BCUT2D eigenvalue weighted by molar-refractivity contribution is -0.391. The minimum atomic E-state index is -4.40. The number of nitro groups is 1. The molecular weight excluding hydrogens is 363 g/mol. The lowest BCUT2D eigenvalue weighted by Gasteiger charge is -2.23. The van der Waals surface area contributed by atoms with E-state index in [2.05, 4.69) is 15.4 Å². The summed E-state index contributed by atoms with van der Waals surface area (Å²) < 4.78 is 39.4. The quantitative estimate of drug-likeness (QED) is 0.522. The Kier molecular flexibility index (Phi) is 4.73. The average Bonchev–Trinajstić information content (AvgIpc) is 3.02. The zero-order chi connectivity index (χ0) is 19.8. The van der Waals surface area contributed by atoms with E-state index in [0.29, 0.717) is 17.0 Å². The van der Waals surface area contributed by atoms with Gasteiger partial charge in [-0.2, -0.15) is 13.2 Å². The first-order valence-corrected chi connectivity index (χ1v) is 8.09. The first-order valence-electron chi connectivity index (χ1n) is 8.09. The molecule has 0 aliphatic heterocycles. The van der Waals surface area contributed by atoms with Gasteiger partial charge in [0.1, 0.15) is 6.20 Å². The molecule has 0 bridgehead atoms. The third kappa shape index (κ3) is 3.83. The van der Waals surface area contributed by atoms with E-state index in [9.17, 15) is 23.3 Å². The molecule has 0 saturated carbocycles. The minimum Gasteiger partial charge on any atom is -0.360 e. The number of hydrogen-bond acceptors (Lipinski definition) is 5. The predicted octanol–water partition coefficient (Wildman–Crippen LogP) is 4.47. The van der Waals surface area contributed by atoms with E-state index in [4.69, 9.17) is 0 Å². The smallest absolute Gasteiger partial charge is 0.360 e. The van der Waals surface area contributed by atoms with Gasteiger partial charge in [0, 0.05) is 6.07 Å². The summed E-state index contributed by atoms with van der Waals surface area (Å²) in [4.78, 5) is 14.4. The number of aromatic nitrogens is 3. The molecule has 27 heavy (non-hydrogen) atoms. The molecule has 0 aliphatic rings. The van der Waals surface area contributed by atoms with Crippen molar-refractivity contribution in [2.45, 2.75) is 26.1 Å². The molecule has 1 unspecified atom stereocenters. The molecule has 3 rings (SSSR count). The molecule has 0 spiro atoms. The van der Waals surface area contributed by atoms with Gasteiger partial charge in [-0.15, -0.1) is 0 Å². The number of rotatable bonds is 5. The molecule has 3 aromatic rings. The topological polar surface area (TPSA) is 85.4 Å². The number of imidazole rings is 1. The molecule has 0 fully saturated rings. The number of fused-ring (bicyclic) bond motifs is 1. The van der Waals surface area contributed by atoms with Gasteiger partial charge in [0.2, 0.25) is 5.65 Å². The van der Waals surface area contributed by atoms with E-state index in [1.54, 1.807) is 12.1 Å². The van der Waals surface area contributed by atoms with Crippen LogP contribution in [0.25, 0.3) is 5.65 Å². The van der Waals surface area contributed by atoms with Gasteiger partial charge in [-0.1, -0.05) is 35.6 Å². The van der Waals surface area contributed by atoms with Crippen molar-refractivity contribution >= 4 is 17.3 Å². The van der Waals surface area contributed by atoms with Crippen molar-refractivity contribution in [3.8, 4) is 0 Å². The Hall–Kier alpha value is -3.17. The minimum absolute atomic E-state index is 0.0250. The molecule has 0 amide bonds. The van der Waals surface area contributed by atoms with Crippen molar-refractivity contribution < 1.29 is 18.1 Å². The number of benzene rings is 1. The lowest BCUT2D eigenvalue weighted by atomic mass is 9.95. The molecule has 7 nitrogen and oxygen atoms in total. The van der Waals surface area contributed by atoms with Gasteiger partial charge in [-0.05, 0) is 34.6 Å². The summed E-state index contributed by atoms with van der Waals surface area (Å²) in [6.45, 7) is 3.82. The van der Waals surface area contributed by atoms with E-state index < -0.39 is 16.7 Å². The fourth-order valence-electron chi connectivity index (χ4n) is 2.74. The highest BCUT2D eigenvalue weighted by molar-refractivity contribution is 5.49. The van der Waals surface area contributed by atoms with Crippen molar-refractivity contribution in [3.63, 3.8) is 0 Å². The highest BCUT2D eigenvalue weighted by Gasteiger charge is 2.30. The molecule has 142 valence electrons. The maximum absolute atomic E-state index is 12.8. The molecule has 0 radical (unpaired) electrons. The second-order valence-corrected chi connectivity index (χ2v) is 6.35. The lowest BCUT2D eigenvalue weighted by Crippen LogP contribution is -2.18. The molecule has 0 saturated heterocycles. The zero-order valence-electron chi connectivity index (χ0n) is 14.4. The Bertz CT molecular complexity index is 967. The van der Waals surface area contributed by atoms with Crippen LogP contribution in [0.5, 0.6) is 0 Å². The van der Waals surface area contributed by atoms with Gasteiger partial charge in [-0.3, -0.25) is 0 Å². The van der Waals surface area contributed by atoms with Crippen LogP contribution in [0, 0.1) is 16.0 Å². The molecule has 1 atom stereocenters. The molecule has 0 aliphatic carbocycles. The summed E-state index contributed by atoms with van der Waals surface area (Å²) in [6, 6.07) is 7.75. The van der Waals surface area contributed by atoms with Crippen molar-refractivity contribution in [3.05, 3.63) is 63.8 Å². The van der Waals surface area contributed by atoms with E-state index in [0.717, 1.165) is 22.8 Å². The van der Waals surface area contributed by atoms with Gasteiger partial charge in [0.05, 0.1) is 11.6 Å². The maximum Gasteiger partial charge on any atom is 0.416 e. The van der Waals surface area contributed by atoms with Crippen molar-refractivity contribution in [1.29, 1.82) is 0 Å². The Morgan fingerprint density at radius 3 is 2.37 bits per heavy atom. The molecular formula is C17H16F3N5O2. The first kappa shape index (κ1) is 18.6. The van der Waals surface area contributed by atoms with E-state index in [-0.39, 0.29) is 17.8 Å². The molecule has 1 aromatic carbocycles. The number of anilines is 1. The number of alkyl halides is 3. The third-order valence-corrected chi connectivity index (χ3v) is 4.10. The number of nitrogens with zero attached hydrogens (tertiary/aromatic N) is 4. The van der Waals surface area contributed by atoms with Gasteiger partial charge in [0.25, 0.3) is 0 Å². The van der Waals surface area contributed by atoms with Crippen molar-refractivity contribution in [2.24, 2.45) is 5.92 Å². The summed E-state index contributed by atoms with van der Waals surface area (Å²) in [5, 5.41) is 18.4. The van der Waals surface area contributed by atoms with Crippen LogP contribution < -0.4 is 5.32 Å². The Morgan fingerprint density at radius 2 is 1.81 bits per heavy atom. The van der Waals surface area contributed by atoms with E-state index in [1.807, 2.05) is 13.8 Å². The van der Waals surface area contributed by atoms with Crippen LogP contribution in [0.3, 0.4) is 0 Å². The predicted molar refractivity (Wildman–Crippen MR) is 92.3 cm³/mol. The van der Waals surface area contributed by atoms with Crippen LogP contribution in [0.2, 0.25) is 0 Å². The average molecular weight is 379 g/mol. The van der Waals surface area contributed by atoms with Gasteiger partial charge >= 0.3 is 12.0 Å². The fraction of sp³-hybridized carbons (Fsp3) is 0.294. The van der Waals surface area contributed by atoms with Crippen LogP contribution in [0.4, 0.5) is 24.8 Å². The Balaban J connectivity index is 1.91. The van der Waals surface area contributed by atoms with Gasteiger partial charge in [0.15, 0.2) is 5.82 Å². The summed E-state index contributed by atoms with van der Waals surface area (Å²) >= 11 is 0. The zero-order valence-corrected chi connectivity index (χ0v) is 14.4. The van der Waals surface area contributed by atoms with Crippen molar-refractivity contribution in [2.75, 3.05) is 5.32 Å². The normalized spacial score (nSPS) is 13.1. The van der Waals surface area contributed by atoms with E-state index >= 15 is 0 Å². The molecule has 1 N–H and O–H groups in total. The van der Waals surface area contributed by atoms with Crippen molar-refractivity contribution in [1.82, 2.24) is 14.6 Å². The standard InChI is InChI=1S/C17H16F3N5O2/c1-10(2)16(11-3-5-12(6-4-11)17(18,19)20)22-13-7-8-14-21-9-15(25(26)27)24(14)23-13/h3-10,16H,1-2H3,(H,22,23). The van der Waals surface area contributed by atoms with Crippen LogP contribution >= 0.6 is 0 Å². The van der Waals surface area contributed by atoms with Crippen LogP contribution in [0.1, 0.15) is 31.0 Å². The summed E-state index contributed by atoms with van der Waals surface area (Å²) in [6.07, 6.45) is -3.28. The summed E-state index contributed by atoms with van der Waals surface area (Å²) in [7, 11) is 0. The first-order chi connectivity index (χ1) is 12.7. The summed E-state index contributed by atoms with van der Waals surface area (Å²) in [5.41, 5.74) is 0.255. The summed E-state index contributed by atoms with van der Waals surface area (Å²) in [5.74, 6) is 0.100. The molecule has 10 heteroatoms. The fourth-order valence-corrected chi connectivity index (χ4v) is 2.74. The van der Waals surface area contributed by atoms with Crippen LogP contribution in [-0.4, -0.2) is 19.5 Å². The second kappa shape index (κ2) is 6.86. The monoisotopic (exact) mass is 379 g/mol. The van der Waals surface area contributed by atoms with Gasteiger partial charge < -0.3 is 15.4 Å². The highest BCUT2D eigenvalue weighted by atomic mass is 19.4. The highest BCUT2D eigenvalue weighted by Crippen LogP contribution is 2.32. The second-order valence-electron chi connectivity index (χ2n) is 6.35. The van der Waals surface area contributed by atoms with Gasteiger partial charge in [-0.25, -0.2) is 4.98 Å². The Morgan fingerprint density at radius 1 is 1.15 bits per heavy atom. The number of hydrogen-bond donors (Lipinski definition) is 1. The Labute approximate surface area is 152 Å². The number of halogens is 3. The molecule has 2 heterocycles.